The highest BCUT2D eigenvalue weighted by Gasteiger charge is 2.27. The van der Waals surface area contributed by atoms with Gasteiger partial charge in [-0.05, 0) is 41.2 Å². The zero-order chi connectivity index (χ0) is 21.4. The van der Waals surface area contributed by atoms with E-state index in [1.807, 2.05) is 41.5 Å². The summed E-state index contributed by atoms with van der Waals surface area (Å²) >= 11 is 0. The van der Waals surface area contributed by atoms with Gasteiger partial charge in [-0.3, -0.25) is 4.79 Å². The third kappa shape index (κ3) is 4.44. The number of hydrogen-bond donors (Lipinski definition) is 4. The standard InChI is InChI=1S/C22H27NO5/c1-21(2,3)15-10-13(11-16(18(15)25)22(4,5)6)23-19(26)12-7-8-14(20(27)28)17(24)9-12/h7-11,24-25H,1-6H3,(H,23,26)(H,27,28). The molecule has 6 heteroatoms. The largest absolute Gasteiger partial charge is 0.507 e. The number of phenolic OH excluding ortho intramolecular Hbond substituents is 1. The first-order chi connectivity index (χ1) is 12.7. The number of rotatable bonds is 3. The average Bonchev–Trinajstić information content (AvgIpc) is 2.53. The SMILES string of the molecule is CC(C)(C)c1cc(NC(=O)c2ccc(C(=O)O)c(O)c2)cc(C(C)(C)C)c1O. The first-order valence-corrected chi connectivity index (χ1v) is 8.97. The molecule has 2 aromatic rings. The third-order valence-electron chi connectivity index (χ3n) is 4.47. The van der Waals surface area contributed by atoms with E-state index < -0.39 is 17.6 Å². The van der Waals surface area contributed by atoms with E-state index in [-0.39, 0.29) is 27.7 Å². The van der Waals surface area contributed by atoms with Crippen molar-refractivity contribution in [3.63, 3.8) is 0 Å². The Morgan fingerprint density at radius 3 is 1.75 bits per heavy atom. The van der Waals surface area contributed by atoms with Crippen molar-refractivity contribution in [1.82, 2.24) is 0 Å². The summed E-state index contributed by atoms with van der Waals surface area (Å²) in [6.45, 7) is 11.8. The molecule has 1 amide bonds. The third-order valence-corrected chi connectivity index (χ3v) is 4.47. The van der Waals surface area contributed by atoms with Gasteiger partial charge in [0.1, 0.15) is 17.1 Å². The molecular formula is C22H27NO5. The van der Waals surface area contributed by atoms with Crippen molar-refractivity contribution in [3.05, 3.63) is 52.6 Å². The molecule has 4 N–H and O–H groups in total. The lowest BCUT2D eigenvalue weighted by Crippen LogP contribution is -2.19. The molecule has 0 heterocycles. The Hall–Kier alpha value is -3.02. The van der Waals surface area contributed by atoms with Gasteiger partial charge in [-0.1, -0.05) is 41.5 Å². The van der Waals surface area contributed by atoms with Crippen molar-refractivity contribution in [1.29, 1.82) is 0 Å². The maximum atomic E-state index is 12.6. The molecule has 28 heavy (non-hydrogen) atoms. The second kappa shape index (κ2) is 7.19. The van der Waals surface area contributed by atoms with E-state index in [4.69, 9.17) is 5.11 Å². The van der Waals surface area contributed by atoms with Crippen LogP contribution in [0.2, 0.25) is 0 Å². The summed E-state index contributed by atoms with van der Waals surface area (Å²) in [4.78, 5) is 23.6. The Kier molecular flexibility index (Phi) is 5.46. The molecule has 2 rings (SSSR count). The number of aromatic hydroxyl groups is 2. The molecule has 0 saturated heterocycles. The van der Waals surface area contributed by atoms with Crippen molar-refractivity contribution < 1.29 is 24.9 Å². The van der Waals surface area contributed by atoms with Crippen LogP contribution in [0, 0.1) is 0 Å². The summed E-state index contributed by atoms with van der Waals surface area (Å²) in [5, 5.41) is 32.3. The number of carboxylic acids is 1. The Labute approximate surface area is 164 Å². The van der Waals surface area contributed by atoms with E-state index in [2.05, 4.69) is 5.32 Å². The molecule has 0 unspecified atom stereocenters. The van der Waals surface area contributed by atoms with E-state index >= 15 is 0 Å². The van der Waals surface area contributed by atoms with Crippen LogP contribution < -0.4 is 5.32 Å². The fourth-order valence-corrected chi connectivity index (χ4v) is 2.91. The number of anilines is 1. The van der Waals surface area contributed by atoms with Crippen LogP contribution in [-0.4, -0.2) is 27.2 Å². The van der Waals surface area contributed by atoms with Crippen molar-refractivity contribution in [3.8, 4) is 11.5 Å². The van der Waals surface area contributed by atoms with Crippen LogP contribution in [0.15, 0.2) is 30.3 Å². The molecule has 0 aliphatic heterocycles. The number of benzene rings is 2. The average molecular weight is 385 g/mol. The molecule has 0 aliphatic rings. The molecule has 0 bridgehead atoms. The molecule has 0 aromatic heterocycles. The molecule has 0 atom stereocenters. The molecular weight excluding hydrogens is 358 g/mol. The van der Waals surface area contributed by atoms with Crippen LogP contribution in [0.5, 0.6) is 11.5 Å². The van der Waals surface area contributed by atoms with Gasteiger partial charge < -0.3 is 20.6 Å². The number of carbonyl (C=O) groups is 2. The van der Waals surface area contributed by atoms with Crippen LogP contribution in [-0.2, 0) is 10.8 Å². The van der Waals surface area contributed by atoms with Gasteiger partial charge >= 0.3 is 5.97 Å². The van der Waals surface area contributed by atoms with Crippen LogP contribution in [0.25, 0.3) is 0 Å². The van der Waals surface area contributed by atoms with Crippen LogP contribution in [0.3, 0.4) is 0 Å². The second-order valence-corrected chi connectivity index (χ2v) is 8.91. The van der Waals surface area contributed by atoms with Gasteiger partial charge in [0.25, 0.3) is 5.91 Å². The summed E-state index contributed by atoms with van der Waals surface area (Å²) in [5.74, 6) is -2.02. The van der Waals surface area contributed by atoms with Crippen LogP contribution in [0.4, 0.5) is 5.69 Å². The van der Waals surface area contributed by atoms with E-state index in [9.17, 15) is 19.8 Å². The summed E-state index contributed by atoms with van der Waals surface area (Å²) in [6.07, 6.45) is 0. The molecule has 0 saturated carbocycles. The summed E-state index contributed by atoms with van der Waals surface area (Å²) in [7, 11) is 0. The van der Waals surface area contributed by atoms with Gasteiger partial charge in [0.05, 0.1) is 0 Å². The summed E-state index contributed by atoms with van der Waals surface area (Å²) in [6, 6.07) is 7.11. The minimum Gasteiger partial charge on any atom is -0.507 e. The topological polar surface area (TPSA) is 107 Å². The highest BCUT2D eigenvalue weighted by molar-refractivity contribution is 6.05. The van der Waals surface area contributed by atoms with Gasteiger partial charge in [-0.25, -0.2) is 4.79 Å². The Balaban J connectivity index is 2.47. The number of aromatic carboxylic acids is 1. The highest BCUT2D eigenvalue weighted by Crippen LogP contribution is 2.41. The number of nitrogens with one attached hydrogen (secondary N) is 1. The van der Waals surface area contributed by atoms with Crippen LogP contribution in [0.1, 0.15) is 73.4 Å². The predicted octanol–water partition coefficient (Wildman–Crippen LogP) is 4.64. The van der Waals surface area contributed by atoms with Gasteiger partial charge in [-0.2, -0.15) is 0 Å². The maximum Gasteiger partial charge on any atom is 0.339 e. The van der Waals surface area contributed by atoms with Crippen molar-refractivity contribution in [2.24, 2.45) is 0 Å². The summed E-state index contributed by atoms with van der Waals surface area (Å²) in [5.41, 5.74) is 1.10. The molecule has 0 aliphatic carbocycles. The van der Waals surface area contributed by atoms with Gasteiger partial charge in [0.2, 0.25) is 0 Å². The van der Waals surface area contributed by atoms with Gasteiger partial charge in [-0.15, -0.1) is 0 Å². The predicted molar refractivity (Wildman–Crippen MR) is 109 cm³/mol. The monoisotopic (exact) mass is 385 g/mol. The fourth-order valence-electron chi connectivity index (χ4n) is 2.91. The molecule has 0 radical (unpaired) electrons. The minimum atomic E-state index is -1.27. The lowest BCUT2D eigenvalue weighted by molar-refractivity contribution is 0.0693. The summed E-state index contributed by atoms with van der Waals surface area (Å²) < 4.78 is 0. The normalized spacial score (nSPS) is 11.9. The molecule has 0 spiro atoms. The fraction of sp³-hybridized carbons (Fsp3) is 0.364. The zero-order valence-electron chi connectivity index (χ0n) is 17.0. The second-order valence-electron chi connectivity index (χ2n) is 8.91. The van der Waals surface area contributed by atoms with E-state index in [1.54, 1.807) is 12.1 Å². The first kappa shape index (κ1) is 21.3. The smallest absolute Gasteiger partial charge is 0.339 e. The Bertz CT molecular complexity index is 898. The number of phenols is 2. The minimum absolute atomic E-state index is 0.130. The molecule has 2 aromatic carbocycles. The van der Waals surface area contributed by atoms with Crippen LogP contribution >= 0.6 is 0 Å². The number of amides is 1. The van der Waals surface area contributed by atoms with E-state index in [0.717, 1.165) is 6.07 Å². The molecule has 6 nitrogen and oxygen atoms in total. The zero-order valence-corrected chi connectivity index (χ0v) is 17.0. The van der Waals surface area contributed by atoms with Gasteiger partial charge in [0.15, 0.2) is 0 Å². The Morgan fingerprint density at radius 2 is 1.36 bits per heavy atom. The van der Waals surface area contributed by atoms with E-state index in [0.29, 0.717) is 16.8 Å². The maximum absolute atomic E-state index is 12.6. The lowest BCUT2D eigenvalue weighted by Gasteiger charge is -2.28. The van der Waals surface area contributed by atoms with Crippen molar-refractivity contribution in [2.45, 2.75) is 52.4 Å². The number of carbonyl (C=O) groups excluding carboxylic acids is 1. The van der Waals surface area contributed by atoms with Gasteiger partial charge in [0, 0.05) is 22.4 Å². The number of hydrogen-bond acceptors (Lipinski definition) is 4. The molecule has 0 fully saturated rings. The van der Waals surface area contributed by atoms with Crippen molar-refractivity contribution in [2.75, 3.05) is 5.32 Å². The number of carboxylic acid groups (broad SMARTS) is 1. The highest BCUT2D eigenvalue weighted by atomic mass is 16.4. The van der Waals surface area contributed by atoms with E-state index in [1.165, 1.54) is 12.1 Å². The Morgan fingerprint density at radius 1 is 0.857 bits per heavy atom. The molecule has 150 valence electrons. The van der Waals surface area contributed by atoms with Crippen molar-refractivity contribution >= 4 is 17.6 Å². The quantitative estimate of drug-likeness (QED) is 0.576. The lowest BCUT2D eigenvalue weighted by atomic mass is 9.79. The first-order valence-electron chi connectivity index (χ1n) is 8.97.